The minimum atomic E-state index is -0.467. The second-order valence-corrected chi connectivity index (χ2v) is 5.54. The van der Waals surface area contributed by atoms with Gasteiger partial charge in [-0.15, -0.1) is 0 Å². The van der Waals surface area contributed by atoms with E-state index in [0.717, 1.165) is 10.8 Å². The van der Waals surface area contributed by atoms with E-state index >= 15 is 0 Å². The Kier molecular flexibility index (Phi) is 3.88. The van der Waals surface area contributed by atoms with Crippen molar-refractivity contribution in [2.45, 2.75) is 13.8 Å². The van der Waals surface area contributed by atoms with E-state index in [4.69, 9.17) is 5.26 Å². The summed E-state index contributed by atoms with van der Waals surface area (Å²) in [5, 5.41) is 25.3. The Morgan fingerprint density at radius 3 is 2.71 bits per heavy atom. The summed E-state index contributed by atoms with van der Waals surface area (Å²) in [4.78, 5) is 12.4. The van der Waals surface area contributed by atoms with Crippen LogP contribution in [0.1, 0.15) is 22.4 Å². The Balaban J connectivity index is 2.19. The van der Waals surface area contributed by atoms with E-state index in [1.807, 2.05) is 36.4 Å². The van der Waals surface area contributed by atoms with Crippen molar-refractivity contribution < 1.29 is 5.11 Å². The van der Waals surface area contributed by atoms with Gasteiger partial charge < -0.3 is 5.11 Å². The quantitative estimate of drug-likeness (QED) is 0.738. The van der Waals surface area contributed by atoms with Crippen LogP contribution in [0.3, 0.4) is 0 Å². The molecule has 0 radical (unpaired) electrons. The van der Waals surface area contributed by atoms with E-state index in [-0.39, 0.29) is 11.3 Å². The fraction of sp³-hybridized carbons (Fsp3) is 0.105. The van der Waals surface area contributed by atoms with Gasteiger partial charge in [-0.05, 0) is 42.3 Å². The van der Waals surface area contributed by atoms with Gasteiger partial charge in [0, 0.05) is 11.3 Å². The Labute approximate surface area is 138 Å². The molecule has 0 unspecified atom stereocenters. The predicted octanol–water partition coefficient (Wildman–Crippen LogP) is 3.08. The first kappa shape index (κ1) is 15.5. The molecule has 0 aliphatic carbocycles. The Bertz CT molecular complexity index is 1070. The highest BCUT2D eigenvalue weighted by atomic mass is 16.3. The zero-order valence-corrected chi connectivity index (χ0v) is 13.3. The maximum atomic E-state index is 12.4. The standard InChI is InChI=1S/C19H15N3O2/c1-12-9-13(2)22(19(24)16(12)10-20)21-11-17-15-6-4-3-5-14(15)7-8-18(17)23/h3-9,11,23H,1-2H3/b21-11-. The van der Waals surface area contributed by atoms with Crippen molar-refractivity contribution in [3.8, 4) is 11.8 Å². The smallest absolute Gasteiger partial charge is 0.289 e. The van der Waals surface area contributed by atoms with Crippen LogP contribution in [0, 0.1) is 25.2 Å². The number of aryl methyl sites for hydroxylation is 2. The molecule has 0 aliphatic rings. The van der Waals surface area contributed by atoms with E-state index in [2.05, 4.69) is 5.10 Å². The monoisotopic (exact) mass is 317 g/mol. The number of phenolic OH excluding ortho intramolecular Hbond substituents is 1. The Morgan fingerprint density at radius 2 is 1.96 bits per heavy atom. The van der Waals surface area contributed by atoms with Gasteiger partial charge in [0.1, 0.15) is 17.4 Å². The minimum absolute atomic E-state index is 0.0693. The van der Waals surface area contributed by atoms with Crippen LogP contribution in [0.15, 0.2) is 52.4 Å². The molecular weight excluding hydrogens is 302 g/mol. The summed E-state index contributed by atoms with van der Waals surface area (Å²) in [7, 11) is 0. The van der Waals surface area contributed by atoms with E-state index < -0.39 is 5.56 Å². The summed E-state index contributed by atoms with van der Waals surface area (Å²) in [6, 6.07) is 14.7. The molecule has 1 N–H and O–H groups in total. The Morgan fingerprint density at radius 1 is 1.21 bits per heavy atom. The van der Waals surface area contributed by atoms with Gasteiger partial charge in [0.05, 0.1) is 6.21 Å². The van der Waals surface area contributed by atoms with Gasteiger partial charge >= 0.3 is 0 Å². The number of hydrogen-bond acceptors (Lipinski definition) is 4. The van der Waals surface area contributed by atoms with Gasteiger partial charge in [-0.3, -0.25) is 4.79 Å². The molecule has 0 bridgehead atoms. The summed E-state index contributed by atoms with van der Waals surface area (Å²) >= 11 is 0. The van der Waals surface area contributed by atoms with Gasteiger partial charge in [-0.25, -0.2) is 4.68 Å². The molecule has 0 saturated heterocycles. The van der Waals surface area contributed by atoms with Crippen molar-refractivity contribution >= 4 is 17.0 Å². The molecule has 24 heavy (non-hydrogen) atoms. The summed E-state index contributed by atoms with van der Waals surface area (Å²) in [6.07, 6.45) is 1.45. The number of benzene rings is 2. The maximum absolute atomic E-state index is 12.4. The lowest BCUT2D eigenvalue weighted by molar-refractivity contribution is 0.475. The summed E-state index contributed by atoms with van der Waals surface area (Å²) in [5.41, 5.74) is 1.37. The molecule has 0 aliphatic heterocycles. The molecule has 5 nitrogen and oxygen atoms in total. The van der Waals surface area contributed by atoms with Crippen molar-refractivity contribution in [3.63, 3.8) is 0 Å². The van der Waals surface area contributed by atoms with Crippen molar-refractivity contribution in [1.82, 2.24) is 4.68 Å². The van der Waals surface area contributed by atoms with Gasteiger partial charge in [-0.1, -0.05) is 30.3 Å². The summed E-state index contributed by atoms with van der Waals surface area (Å²) in [6.45, 7) is 3.47. The van der Waals surface area contributed by atoms with Crippen LogP contribution in [-0.4, -0.2) is 16.0 Å². The molecule has 0 saturated carbocycles. The van der Waals surface area contributed by atoms with E-state index in [1.165, 1.54) is 10.9 Å². The molecule has 1 heterocycles. The zero-order valence-electron chi connectivity index (χ0n) is 13.3. The SMILES string of the molecule is Cc1cc(C)n(/N=C\c2c(O)ccc3ccccc23)c(=O)c1C#N. The predicted molar refractivity (Wildman–Crippen MR) is 93.5 cm³/mol. The van der Waals surface area contributed by atoms with Gasteiger partial charge in [-0.2, -0.15) is 10.4 Å². The molecule has 2 aromatic carbocycles. The lowest BCUT2D eigenvalue weighted by Crippen LogP contribution is -2.22. The molecule has 0 atom stereocenters. The third-order valence-electron chi connectivity index (χ3n) is 3.92. The number of fused-ring (bicyclic) bond motifs is 1. The highest BCUT2D eigenvalue weighted by molar-refractivity contribution is 6.02. The molecule has 0 spiro atoms. The third kappa shape index (κ3) is 2.55. The van der Waals surface area contributed by atoms with Crippen molar-refractivity contribution in [2.24, 2.45) is 5.10 Å². The molecule has 3 aromatic rings. The number of aromatic hydroxyl groups is 1. The van der Waals surface area contributed by atoms with Gasteiger partial charge in [0.15, 0.2) is 0 Å². The molecule has 3 rings (SSSR count). The maximum Gasteiger partial charge on any atom is 0.289 e. The van der Waals surface area contributed by atoms with E-state index in [9.17, 15) is 9.90 Å². The van der Waals surface area contributed by atoms with Crippen LogP contribution in [0.4, 0.5) is 0 Å². The average Bonchev–Trinajstić information content (AvgIpc) is 2.56. The average molecular weight is 317 g/mol. The van der Waals surface area contributed by atoms with Crippen LogP contribution >= 0.6 is 0 Å². The normalized spacial score (nSPS) is 11.0. The minimum Gasteiger partial charge on any atom is -0.507 e. The van der Waals surface area contributed by atoms with Crippen molar-refractivity contribution in [1.29, 1.82) is 5.26 Å². The molecule has 0 amide bonds. The number of pyridine rings is 1. The largest absolute Gasteiger partial charge is 0.507 e. The van der Waals surface area contributed by atoms with Crippen LogP contribution in [-0.2, 0) is 0 Å². The number of rotatable bonds is 2. The highest BCUT2D eigenvalue weighted by Crippen LogP contribution is 2.25. The second-order valence-electron chi connectivity index (χ2n) is 5.54. The number of nitriles is 1. The number of nitrogens with zero attached hydrogens (tertiary/aromatic N) is 3. The topological polar surface area (TPSA) is 78.4 Å². The first-order valence-corrected chi connectivity index (χ1v) is 7.41. The van der Waals surface area contributed by atoms with Crippen molar-refractivity contribution in [2.75, 3.05) is 0 Å². The Hall–Kier alpha value is -3.39. The van der Waals surface area contributed by atoms with Crippen LogP contribution in [0.25, 0.3) is 10.8 Å². The molecular formula is C19H15N3O2. The third-order valence-corrected chi connectivity index (χ3v) is 3.92. The second kappa shape index (κ2) is 6.01. The first-order valence-electron chi connectivity index (χ1n) is 7.41. The van der Waals surface area contributed by atoms with Crippen LogP contribution in [0.2, 0.25) is 0 Å². The first-order chi connectivity index (χ1) is 11.5. The van der Waals surface area contributed by atoms with Crippen molar-refractivity contribution in [3.05, 3.63) is 75.2 Å². The van der Waals surface area contributed by atoms with Gasteiger partial charge in [0.2, 0.25) is 0 Å². The summed E-state index contributed by atoms with van der Waals surface area (Å²) in [5.74, 6) is 0.0794. The number of phenols is 1. The molecule has 1 aromatic heterocycles. The zero-order chi connectivity index (χ0) is 17.3. The summed E-state index contributed by atoms with van der Waals surface area (Å²) < 4.78 is 1.17. The molecule has 118 valence electrons. The van der Waals surface area contributed by atoms with Gasteiger partial charge in [0.25, 0.3) is 5.56 Å². The van der Waals surface area contributed by atoms with E-state index in [1.54, 1.807) is 26.0 Å². The number of hydrogen-bond donors (Lipinski definition) is 1. The fourth-order valence-corrected chi connectivity index (χ4v) is 2.70. The number of aromatic nitrogens is 1. The fourth-order valence-electron chi connectivity index (χ4n) is 2.70. The van der Waals surface area contributed by atoms with E-state index in [0.29, 0.717) is 16.8 Å². The van der Waals surface area contributed by atoms with Crippen LogP contribution in [0.5, 0.6) is 5.75 Å². The lowest BCUT2D eigenvalue weighted by Gasteiger charge is -2.08. The molecule has 0 fully saturated rings. The highest BCUT2D eigenvalue weighted by Gasteiger charge is 2.10. The van der Waals surface area contributed by atoms with Crippen LogP contribution < -0.4 is 5.56 Å². The molecule has 5 heteroatoms. The lowest BCUT2D eigenvalue weighted by atomic mass is 10.0.